The van der Waals surface area contributed by atoms with Crippen molar-refractivity contribution in [2.75, 3.05) is 0 Å². The molecule has 0 aromatic heterocycles. The van der Waals surface area contributed by atoms with Gasteiger partial charge in [-0.2, -0.15) is 0 Å². The molecule has 0 heterocycles. The van der Waals surface area contributed by atoms with Crippen LogP contribution in [-0.2, 0) is 6.42 Å². The summed E-state index contributed by atoms with van der Waals surface area (Å²) in [6.45, 7) is 3.86. The van der Waals surface area contributed by atoms with E-state index in [0.29, 0.717) is 0 Å². The van der Waals surface area contributed by atoms with Crippen LogP contribution in [0.1, 0.15) is 69.8 Å². The first kappa shape index (κ1) is 18.5. The molecule has 2 atom stereocenters. The lowest BCUT2D eigenvalue weighted by atomic mass is 9.79. The summed E-state index contributed by atoms with van der Waals surface area (Å²) in [5.74, 6) is 1.75. The summed E-state index contributed by atoms with van der Waals surface area (Å²) >= 11 is 0. The van der Waals surface area contributed by atoms with Gasteiger partial charge in [0.25, 0.3) is 0 Å². The van der Waals surface area contributed by atoms with Crippen molar-refractivity contribution in [1.82, 2.24) is 0 Å². The number of unbranched alkanes of at least 4 members (excludes halogenated alkanes) is 3. The van der Waals surface area contributed by atoms with E-state index < -0.39 is 0 Å². The normalized spacial score (nSPS) is 19.8. The van der Waals surface area contributed by atoms with Gasteiger partial charge >= 0.3 is 0 Å². The zero-order chi connectivity index (χ0) is 18.5. The lowest BCUT2D eigenvalue weighted by Crippen LogP contribution is -2.14. The van der Waals surface area contributed by atoms with Gasteiger partial charge in [-0.1, -0.05) is 78.9 Å². The summed E-state index contributed by atoms with van der Waals surface area (Å²) in [5, 5.41) is 2.76. The highest BCUT2D eigenvalue weighted by Gasteiger charge is 2.32. The second kappa shape index (κ2) is 8.91. The topological polar surface area (TPSA) is 0 Å². The first-order chi connectivity index (χ1) is 13.3. The number of rotatable bonds is 10. The highest BCUT2D eigenvalue weighted by atomic mass is 14.4. The van der Waals surface area contributed by atoms with Crippen molar-refractivity contribution < 1.29 is 0 Å². The summed E-state index contributed by atoms with van der Waals surface area (Å²) in [6.07, 6.45) is 17.0. The zero-order valence-electron chi connectivity index (χ0n) is 16.8. The van der Waals surface area contributed by atoms with Crippen LogP contribution in [0, 0.1) is 11.8 Å². The average Bonchev–Trinajstić information content (AvgIpc) is 2.93. The SMILES string of the molecule is C=CCCCCCC(Cc1ccc2ccccc2c1)CC1CCC2=C1CC2. The first-order valence-corrected chi connectivity index (χ1v) is 11.1. The standard InChI is InChI=1S/C27H34/c1-2-3-4-5-6-9-21(20-26-15-14-24-16-17-27(24)26)18-22-12-13-23-10-7-8-11-25(23)19-22/h2,7-8,10-13,19,21,26H,1,3-6,9,14-18,20H2. The highest BCUT2D eigenvalue weighted by molar-refractivity contribution is 5.82. The molecule has 0 nitrogen and oxygen atoms in total. The Morgan fingerprint density at radius 3 is 2.63 bits per heavy atom. The summed E-state index contributed by atoms with van der Waals surface area (Å²) in [4.78, 5) is 0. The third kappa shape index (κ3) is 4.54. The minimum Gasteiger partial charge on any atom is -0.103 e. The number of hydrogen-bond donors (Lipinski definition) is 0. The van der Waals surface area contributed by atoms with Crippen molar-refractivity contribution in [3.05, 3.63) is 71.8 Å². The lowest BCUT2D eigenvalue weighted by Gasteiger charge is -2.26. The van der Waals surface area contributed by atoms with Crippen molar-refractivity contribution in [3.63, 3.8) is 0 Å². The van der Waals surface area contributed by atoms with Crippen molar-refractivity contribution >= 4 is 10.8 Å². The van der Waals surface area contributed by atoms with Gasteiger partial charge in [0.15, 0.2) is 0 Å². The van der Waals surface area contributed by atoms with Crippen LogP contribution in [0.5, 0.6) is 0 Å². The Hall–Kier alpha value is -1.82. The Balaban J connectivity index is 1.41. The molecule has 2 aromatic carbocycles. The average molecular weight is 359 g/mol. The van der Waals surface area contributed by atoms with Gasteiger partial charge in [-0.15, -0.1) is 6.58 Å². The van der Waals surface area contributed by atoms with Crippen molar-refractivity contribution in [3.8, 4) is 0 Å². The molecule has 2 aromatic rings. The fourth-order valence-corrected chi connectivity index (χ4v) is 5.31. The predicted octanol–water partition coefficient (Wildman–Crippen LogP) is 8.03. The van der Waals surface area contributed by atoms with Crippen LogP contribution in [-0.4, -0.2) is 0 Å². The number of allylic oxidation sites excluding steroid dienone is 3. The van der Waals surface area contributed by atoms with Crippen molar-refractivity contribution in [1.29, 1.82) is 0 Å². The van der Waals surface area contributed by atoms with E-state index in [2.05, 4.69) is 55.1 Å². The third-order valence-corrected chi connectivity index (χ3v) is 6.91. The van der Waals surface area contributed by atoms with Crippen LogP contribution >= 0.6 is 0 Å². The summed E-state index contributed by atoms with van der Waals surface area (Å²) < 4.78 is 0. The Labute approximate surface area is 165 Å². The molecule has 0 aliphatic heterocycles. The minimum atomic E-state index is 0.840. The van der Waals surface area contributed by atoms with Crippen LogP contribution in [0.15, 0.2) is 66.3 Å². The summed E-state index contributed by atoms with van der Waals surface area (Å²) in [7, 11) is 0. The van der Waals surface area contributed by atoms with E-state index in [1.54, 1.807) is 0 Å². The molecule has 0 spiro atoms. The molecule has 0 saturated heterocycles. The van der Waals surface area contributed by atoms with Crippen LogP contribution in [0.2, 0.25) is 0 Å². The molecule has 0 saturated carbocycles. The number of hydrogen-bond acceptors (Lipinski definition) is 0. The van der Waals surface area contributed by atoms with E-state index in [-0.39, 0.29) is 0 Å². The van der Waals surface area contributed by atoms with E-state index >= 15 is 0 Å². The van der Waals surface area contributed by atoms with Crippen LogP contribution in [0.25, 0.3) is 10.8 Å². The molecule has 0 N–H and O–H groups in total. The highest BCUT2D eigenvalue weighted by Crippen LogP contribution is 2.47. The van der Waals surface area contributed by atoms with E-state index in [0.717, 1.165) is 11.8 Å². The van der Waals surface area contributed by atoms with Gasteiger partial charge in [-0.05, 0) is 79.5 Å². The van der Waals surface area contributed by atoms with Crippen LogP contribution in [0.3, 0.4) is 0 Å². The second-order valence-corrected chi connectivity index (χ2v) is 8.78. The monoisotopic (exact) mass is 358 g/mol. The van der Waals surface area contributed by atoms with Gasteiger partial charge < -0.3 is 0 Å². The summed E-state index contributed by atoms with van der Waals surface area (Å²) in [6, 6.07) is 15.9. The molecular weight excluding hydrogens is 324 g/mol. The molecule has 2 aliphatic carbocycles. The maximum Gasteiger partial charge on any atom is -0.0181 e. The maximum absolute atomic E-state index is 3.86. The van der Waals surface area contributed by atoms with Gasteiger partial charge in [-0.3, -0.25) is 0 Å². The van der Waals surface area contributed by atoms with Crippen molar-refractivity contribution in [2.45, 2.75) is 70.6 Å². The van der Waals surface area contributed by atoms with Crippen LogP contribution < -0.4 is 0 Å². The molecule has 0 heteroatoms. The molecule has 0 radical (unpaired) electrons. The van der Waals surface area contributed by atoms with Gasteiger partial charge in [0.05, 0.1) is 0 Å². The number of fused-ring (bicyclic) bond motifs is 1. The molecule has 0 fully saturated rings. The van der Waals surface area contributed by atoms with Gasteiger partial charge in [-0.25, -0.2) is 0 Å². The molecule has 27 heavy (non-hydrogen) atoms. The van der Waals surface area contributed by atoms with E-state index in [1.807, 2.05) is 11.1 Å². The van der Waals surface area contributed by atoms with Crippen LogP contribution in [0.4, 0.5) is 0 Å². The third-order valence-electron chi connectivity index (χ3n) is 6.91. The smallest absolute Gasteiger partial charge is 0.0181 e. The Morgan fingerprint density at radius 2 is 1.85 bits per heavy atom. The maximum atomic E-state index is 3.86. The predicted molar refractivity (Wildman–Crippen MR) is 118 cm³/mol. The second-order valence-electron chi connectivity index (χ2n) is 8.78. The van der Waals surface area contributed by atoms with Gasteiger partial charge in [0, 0.05) is 0 Å². The fourth-order valence-electron chi connectivity index (χ4n) is 5.31. The Kier molecular flexibility index (Phi) is 6.12. The molecule has 4 rings (SSSR count). The van der Waals surface area contributed by atoms with E-state index in [1.165, 1.54) is 87.0 Å². The largest absolute Gasteiger partial charge is 0.103 e. The van der Waals surface area contributed by atoms with Crippen molar-refractivity contribution in [2.24, 2.45) is 11.8 Å². The number of benzene rings is 2. The van der Waals surface area contributed by atoms with Gasteiger partial charge in [0.1, 0.15) is 0 Å². The van der Waals surface area contributed by atoms with E-state index in [9.17, 15) is 0 Å². The molecule has 142 valence electrons. The molecular formula is C27H34. The molecule has 2 aliphatic rings. The fraction of sp³-hybridized carbons (Fsp3) is 0.481. The molecule has 2 unspecified atom stereocenters. The molecule has 0 bridgehead atoms. The lowest BCUT2D eigenvalue weighted by molar-refractivity contribution is 0.361. The quantitative estimate of drug-likeness (QED) is 0.298. The minimum absolute atomic E-state index is 0.840. The first-order valence-electron chi connectivity index (χ1n) is 11.1. The summed E-state index contributed by atoms with van der Waals surface area (Å²) in [5.41, 5.74) is 5.23. The van der Waals surface area contributed by atoms with Gasteiger partial charge in [0.2, 0.25) is 0 Å². The van der Waals surface area contributed by atoms with E-state index in [4.69, 9.17) is 0 Å². The Morgan fingerprint density at radius 1 is 0.963 bits per heavy atom. The molecule has 0 amide bonds. The Bertz CT molecular complexity index is 810. The zero-order valence-corrected chi connectivity index (χ0v) is 16.8.